The van der Waals surface area contributed by atoms with Crippen LogP contribution in [0.5, 0.6) is 0 Å². The van der Waals surface area contributed by atoms with E-state index in [1.165, 1.54) is 6.07 Å². The van der Waals surface area contributed by atoms with Crippen molar-refractivity contribution in [3.8, 4) is 33.6 Å². The van der Waals surface area contributed by atoms with E-state index in [-0.39, 0.29) is 25.9 Å². The Morgan fingerprint density at radius 1 is 0.758 bits per heavy atom. The summed E-state index contributed by atoms with van der Waals surface area (Å²) in [6.07, 6.45) is 7.06. The average molecular weight is 610 g/mol. The van der Waals surface area contributed by atoms with Crippen molar-refractivity contribution < 1.29 is 24.5 Å². The summed E-state index contributed by atoms with van der Waals surface area (Å²) in [6, 6.07) is 30.2. The molecule has 0 saturated carbocycles. The zero-order valence-corrected chi connectivity index (χ0v) is 20.3. The normalized spacial score (nSPS) is 9.88. The number of nitrogens with zero attached hydrogens (tertiary/aromatic N) is 3. The number of aromatic nitrogens is 3. The van der Waals surface area contributed by atoms with Crippen LogP contribution in [0.3, 0.4) is 0 Å². The summed E-state index contributed by atoms with van der Waals surface area (Å²) in [5.41, 5.74) is 6.03. The van der Waals surface area contributed by atoms with Crippen molar-refractivity contribution in [2.24, 2.45) is 0 Å². The number of pyridine rings is 3. The summed E-state index contributed by atoms with van der Waals surface area (Å²) in [6.45, 7) is 1.98. The fourth-order valence-electron chi connectivity index (χ4n) is 3.20. The number of aryl methyl sites for hydroxylation is 1. The van der Waals surface area contributed by atoms with Crippen molar-refractivity contribution in [1.29, 1.82) is 0 Å². The molecule has 1 radical (unpaired) electrons. The first kappa shape index (κ1) is 24.1. The molecule has 0 unspecified atom stereocenters. The van der Waals surface area contributed by atoms with E-state index in [1.807, 2.05) is 67.6 Å². The van der Waals surface area contributed by atoms with Gasteiger partial charge in [0.2, 0.25) is 0 Å². The van der Waals surface area contributed by atoms with Crippen LogP contribution >= 0.6 is 0 Å². The molecule has 0 atom stereocenters. The molecule has 5 heteroatoms. The fraction of sp³-hybridized carbons (Fsp3) is 0.0357. The third-order valence-corrected chi connectivity index (χ3v) is 4.79. The monoisotopic (exact) mass is 610 g/mol. The van der Waals surface area contributed by atoms with Gasteiger partial charge in [-0.1, -0.05) is 29.8 Å². The predicted octanol–water partition coefficient (Wildman–Crippen LogP) is 6.60. The maximum Gasteiger partial charge on any atom is 0.0380 e. The van der Waals surface area contributed by atoms with Gasteiger partial charge in [0.05, 0.1) is 0 Å². The van der Waals surface area contributed by atoms with Crippen molar-refractivity contribution in [3.63, 3.8) is 0 Å². The Bertz CT molecular complexity index is 1240. The molecule has 2 aromatic carbocycles. The molecule has 5 rings (SSSR count). The van der Waals surface area contributed by atoms with Gasteiger partial charge < -0.3 is 9.97 Å². The summed E-state index contributed by atoms with van der Waals surface area (Å²) >= 11 is 0. The SMILES string of the molecule is Cc1cc(-c2[c-]cccc2F)ncc1-c1cccnc1.[Ir].[c-]1ccccc1-c1ccccn1. The van der Waals surface area contributed by atoms with Gasteiger partial charge in [-0.2, -0.15) is 0 Å². The van der Waals surface area contributed by atoms with Gasteiger partial charge in [-0.25, -0.2) is 0 Å². The Labute approximate surface area is 206 Å². The Hall–Kier alpha value is -3.53. The van der Waals surface area contributed by atoms with E-state index in [4.69, 9.17) is 0 Å². The summed E-state index contributed by atoms with van der Waals surface area (Å²) in [5.74, 6) is -0.312. The van der Waals surface area contributed by atoms with E-state index < -0.39 is 0 Å². The number of hydrogen-bond donors (Lipinski definition) is 0. The molecule has 0 aliphatic carbocycles. The standard InChI is InChI=1S/C17H12FN2.C11H8N.Ir/c1-12-9-17(14-6-2-3-7-16(14)18)20-11-15(12)13-5-4-8-19-10-13;1-2-6-10(7-3-1)11-8-4-5-9-12-11;/h2-5,7-11H,1H3;1-6,8-9H;/q2*-1;. The summed E-state index contributed by atoms with van der Waals surface area (Å²) < 4.78 is 13.7. The molecule has 0 bridgehead atoms. The minimum absolute atomic E-state index is 0. The van der Waals surface area contributed by atoms with E-state index in [0.717, 1.165) is 27.9 Å². The number of rotatable bonds is 3. The van der Waals surface area contributed by atoms with Crippen LogP contribution in [0.25, 0.3) is 33.6 Å². The summed E-state index contributed by atoms with van der Waals surface area (Å²) in [5, 5.41) is 0. The third-order valence-electron chi connectivity index (χ3n) is 4.79. The second-order valence-corrected chi connectivity index (χ2v) is 7.01. The Kier molecular flexibility index (Phi) is 8.70. The first-order valence-corrected chi connectivity index (χ1v) is 10.1. The molecule has 0 spiro atoms. The molecule has 5 aromatic rings. The second kappa shape index (κ2) is 11.9. The van der Waals surface area contributed by atoms with Crippen molar-refractivity contribution >= 4 is 0 Å². The molecule has 0 amide bonds. The van der Waals surface area contributed by atoms with Crippen LogP contribution in [0, 0.1) is 24.9 Å². The third kappa shape index (κ3) is 6.26. The average Bonchev–Trinajstić information content (AvgIpc) is 2.86. The number of hydrogen-bond acceptors (Lipinski definition) is 3. The van der Waals surface area contributed by atoms with Crippen LogP contribution in [-0.2, 0) is 20.1 Å². The largest absolute Gasteiger partial charge is 0.305 e. The van der Waals surface area contributed by atoms with Gasteiger partial charge in [-0.3, -0.25) is 9.37 Å². The molecule has 0 fully saturated rings. The maximum absolute atomic E-state index is 13.7. The van der Waals surface area contributed by atoms with Gasteiger partial charge in [0.1, 0.15) is 0 Å². The predicted molar refractivity (Wildman–Crippen MR) is 125 cm³/mol. The van der Waals surface area contributed by atoms with E-state index in [9.17, 15) is 4.39 Å². The van der Waals surface area contributed by atoms with E-state index in [1.54, 1.807) is 36.9 Å². The van der Waals surface area contributed by atoms with Gasteiger partial charge in [0.25, 0.3) is 0 Å². The van der Waals surface area contributed by atoms with Crippen LogP contribution in [0.1, 0.15) is 5.56 Å². The molecule has 3 heterocycles. The van der Waals surface area contributed by atoms with Gasteiger partial charge >= 0.3 is 0 Å². The zero-order chi connectivity index (χ0) is 22.2. The molecule has 0 saturated heterocycles. The number of halogens is 1. The molecular weight excluding hydrogens is 590 g/mol. The molecule has 0 aliphatic heterocycles. The molecule has 3 nitrogen and oxygen atoms in total. The topological polar surface area (TPSA) is 38.7 Å². The molecule has 0 aliphatic rings. The quantitative estimate of drug-likeness (QED) is 0.216. The molecule has 33 heavy (non-hydrogen) atoms. The first-order valence-electron chi connectivity index (χ1n) is 10.1. The number of benzene rings is 2. The fourth-order valence-corrected chi connectivity index (χ4v) is 3.20. The van der Waals surface area contributed by atoms with Crippen molar-refractivity contribution in [1.82, 2.24) is 15.0 Å². The van der Waals surface area contributed by atoms with Crippen molar-refractivity contribution in [3.05, 3.63) is 127 Å². The first-order chi connectivity index (χ1) is 15.7. The Morgan fingerprint density at radius 3 is 2.27 bits per heavy atom. The van der Waals surface area contributed by atoms with Gasteiger partial charge in [-0.15, -0.1) is 60.2 Å². The van der Waals surface area contributed by atoms with Crippen LogP contribution < -0.4 is 0 Å². The Balaban J connectivity index is 0.000000202. The van der Waals surface area contributed by atoms with Gasteiger partial charge in [0, 0.05) is 61.8 Å². The summed E-state index contributed by atoms with van der Waals surface area (Å²) in [7, 11) is 0. The minimum atomic E-state index is -0.312. The van der Waals surface area contributed by atoms with E-state index in [2.05, 4.69) is 27.1 Å². The van der Waals surface area contributed by atoms with Gasteiger partial charge in [-0.05, 0) is 36.0 Å². The molecule has 165 valence electrons. The Morgan fingerprint density at radius 2 is 1.61 bits per heavy atom. The van der Waals surface area contributed by atoms with Gasteiger partial charge in [0.15, 0.2) is 0 Å². The molecule has 0 N–H and O–H groups in total. The summed E-state index contributed by atoms with van der Waals surface area (Å²) in [4.78, 5) is 12.7. The molecular formula is C28H20FIrN3-2. The van der Waals surface area contributed by atoms with Crippen LogP contribution in [0.4, 0.5) is 4.39 Å². The maximum atomic E-state index is 13.7. The van der Waals surface area contributed by atoms with E-state index >= 15 is 0 Å². The van der Waals surface area contributed by atoms with E-state index in [0.29, 0.717) is 11.3 Å². The van der Waals surface area contributed by atoms with Crippen LogP contribution in [0.15, 0.2) is 104 Å². The van der Waals surface area contributed by atoms with Crippen LogP contribution in [-0.4, -0.2) is 15.0 Å². The van der Waals surface area contributed by atoms with Crippen LogP contribution in [0.2, 0.25) is 0 Å². The smallest absolute Gasteiger partial charge is 0.0380 e. The minimum Gasteiger partial charge on any atom is -0.305 e. The molecule has 3 aromatic heterocycles. The second-order valence-electron chi connectivity index (χ2n) is 7.01. The van der Waals surface area contributed by atoms with Crippen molar-refractivity contribution in [2.45, 2.75) is 6.92 Å². The van der Waals surface area contributed by atoms with Crippen molar-refractivity contribution in [2.75, 3.05) is 0 Å². The zero-order valence-electron chi connectivity index (χ0n) is 17.9.